The Balaban J connectivity index is 2.67. The van der Waals surface area contributed by atoms with E-state index in [2.05, 4.69) is 9.99 Å². The van der Waals surface area contributed by atoms with Crippen molar-refractivity contribution in [1.29, 1.82) is 0 Å². The van der Waals surface area contributed by atoms with Crippen LogP contribution < -0.4 is 0 Å². The van der Waals surface area contributed by atoms with Crippen molar-refractivity contribution in [3.05, 3.63) is 34.9 Å². The molecule has 0 fully saturated rings. The van der Waals surface area contributed by atoms with Crippen molar-refractivity contribution in [2.24, 2.45) is 5.16 Å². The molecule has 0 atom stereocenters. The lowest BCUT2D eigenvalue weighted by atomic mass is 10.0. The highest BCUT2D eigenvalue weighted by atomic mass is 16.6. The zero-order valence-corrected chi connectivity index (χ0v) is 8.73. The number of hydrogen-bond donors (Lipinski definition) is 1. The molecular formula is C11H13NO3. The van der Waals surface area contributed by atoms with Gasteiger partial charge in [0.05, 0.1) is 6.21 Å². The van der Waals surface area contributed by atoms with Crippen LogP contribution in [0.15, 0.2) is 23.4 Å². The highest BCUT2D eigenvalue weighted by Gasteiger charge is 1.99. The van der Waals surface area contributed by atoms with Crippen LogP contribution in [0, 0.1) is 13.8 Å². The molecule has 1 rings (SSSR count). The molecule has 1 aromatic rings. The van der Waals surface area contributed by atoms with Crippen molar-refractivity contribution in [3.8, 4) is 0 Å². The number of benzene rings is 1. The van der Waals surface area contributed by atoms with Gasteiger partial charge >= 0.3 is 5.97 Å². The van der Waals surface area contributed by atoms with E-state index in [-0.39, 0.29) is 0 Å². The van der Waals surface area contributed by atoms with Crippen LogP contribution in [0.3, 0.4) is 0 Å². The summed E-state index contributed by atoms with van der Waals surface area (Å²) in [6.07, 6.45) is 1.54. The van der Waals surface area contributed by atoms with Crippen molar-refractivity contribution >= 4 is 12.2 Å². The maximum Gasteiger partial charge on any atom is 0.344 e. The number of carboxylic acids is 1. The molecule has 0 bridgehead atoms. The molecule has 1 aromatic carbocycles. The number of hydrogen-bond acceptors (Lipinski definition) is 3. The van der Waals surface area contributed by atoms with Gasteiger partial charge in [0, 0.05) is 5.56 Å². The second-order valence-corrected chi connectivity index (χ2v) is 3.21. The quantitative estimate of drug-likeness (QED) is 0.604. The third kappa shape index (κ3) is 3.42. The SMILES string of the molecule is Cc1cccc(C)c1/C=N/OCC(=O)O. The Bertz CT molecular complexity index is 365. The van der Waals surface area contributed by atoms with Crippen molar-refractivity contribution in [1.82, 2.24) is 0 Å². The Morgan fingerprint density at radius 1 is 1.47 bits per heavy atom. The van der Waals surface area contributed by atoms with Gasteiger partial charge < -0.3 is 9.94 Å². The summed E-state index contributed by atoms with van der Waals surface area (Å²) in [5.41, 5.74) is 3.12. The molecule has 0 aromatic heterocycles. The fourth-order valence-corrected chi connectivity index (χ4v) is 1.21. The largest absolute Gasteiger partial charge is 0.479 e. The second kappa shape index (κ2) is 5.14. The number of oxime groups is 1. The zero-order chi connectivity index (χ0) is 11.3. The minimum absolute atomic E-state index is 0.415. The average molecular weight is 207 g/mol. The molecule has 80 valence electrons. The number of rotatable bonds is 4. The summed E-state index contributed by atoms with van der Waals surface area (Å²) in [5.74, 6) is -1.03. The molecule has 0 spiro atoms. The first-order chi connectivity index (χ1) is 7.11. The molecule has 0 unspecified atom stereocenters. The van der Waals surface area contributed by atoms with E-state index in [1.54, 1.807) is 0 Å². The summed E-state index contributed by atoms with van der Waals surface area (Å²) in [7, 11) is 0. The van der Waals surface area contributed by atoms with Crippen LogP contribution in [-0.2, 0) is 9.63 Å². The standard InChI is InChI=1S/C11H13NO3/c1-8-4-3-5-9(2)10(8)6-12-15-7-11(13)14/h3-6H,7H2,1-2H3,(H,13,14)/b12-6+. The summed E-state index contributed by atoms with van der Waals surface area (Å²) in [6, 6.07) is 5.89. The number of carboxylic acid groups (broad SMARTS) is 1. The van der Waals surface area contributed by atoms with Crippen molar-refractivity contribution in [2.45, 2.75) is 13.8 Å². The molecule has 4 heteroatoms. The van der Waals surface area contributed by atoms with Crippen LogP contribution in [0.5, 0.6) is 0 Å². The molecule has 1 N–H and O–H groups in total. The van der Waals surface area contributed by atoms with E-state index < -0.39 is 12.6 Å². The number of carbonyl (C=O) groups is 1. The first kappa shape index (κ1) is 11.2. The maximum absolute atomic E-state index is 10.1. The van der Waals surface area contributed by atoms with Gasteiger partial charge in [0.25, 0.3) is 0 Å². The third-order valence-electron chi connectivity index (χ3n) is 1.99. The molecule has 15 heavy (non-hydrogen) atoms. The normalized spacial score (nSPS) is 10.5. The highest BCUT2D eigenvalue weighted by Crippen LogP contribution is 2.10. The van der Waals surface area contributed by atoms with Gasteiger partial charge in [0.2, 0.25) is 6.61 Å². The highest BCUT2D eigenvalue weighted by molar-refractivity contribution is 5.83. The fourth-order valence-electron chi connectivity index (χ4n) is 1.21. The van der Waals surface area contributed by atoms with Gasteiger partial charge in [-0.3, -0.25) is 0 Å². The molecule has 0 saturated heterocycles. The van der Waals surface area contributed by atoms with Crippen LogP contribution in [0.2, 0.25) is 0 Å². The predicted molar refractivity (Wildman–Crippen MR) is 57.1 cm³/mol. The van der Waals surface area contributed by atoms with Gasteiger partial charge in [-0.15, -0.1) is 0 Å². The van der Waals surface area contributed by atoms with Gasteiger partial charge in [0.1, 0.15) is 0 Å². The van der Waals surface area contributed by atoms with E-state index >= 15 is 0 Å². The Hall–Kier alpha value is -1.84. The molecular weight excluding hydrogens is 194 g/mol. The molecule has 0 amide bonds. The monoisotopic (exact) mass is 207 g/mol. The lowest BCUT2D eigenvalue weighted by Gasteiger charge is -2.02. The second-order valence-electron chi connectivity index (χ2n) is 3.21. The van der Waals surface area contributed by atoms with E-state index in [0.717, 1.165) is 16.7 Å². The molecule has 0 aliphatic heterocycles. The van der Waals surface area contributed by atoms with Crippen LogP contribution in [0.25, 0.3) is 0 Å². The van der Waals surface area contributed by atoms with E-state index in [0.29, 0.717) is 0 Å². The molecule has 0 aliphatic rings. The predicted octanol–water partition coefficient (Wildman–Crippen LogP) is 1.74. The van der Waals surface area contributed by atoms with E-state index in [1.165, 1.54) is 6.21 Å². The lowest BCUT2D eigenvalue weighted by Crippen LogP contribution is -2.03. The van der Waals surface area contributed by atoms with Crippen LogP contribution in [-0.4, -0.2) is 23.9 Å². The van der Waals surface area contributed by atoms with Gasteiger partial charge in [-0.1, -0.05) is 23.4 Å². The first-order valence-electron chi connectivity index (χ1n) is 4.54. The Labute approximate surface area is 88.2 Å². The summed E-state index contributed by atoms with van der Waals surface area (Å²) in [6.45, 7) is 3.51. The van der Waals surface area contributed by atoms with Crippen molar-refractivity contribution < 1.29 is 14.7 Å². The van der Waals surface area contributed by atoms with Crippen LogP contribution >= 0.6 is 0 Å². The van der Waals surface area contributed by atoms with Crippen molar-refractivity contribution in [2.75, 3.05) is 6.61 Å². The smallest absolute Gasteiger partial charge is 0.344 e. The summed E-state index contributed by atoms with van der Waals surface area (Å²) in [4.78, 5) is 14.7. The van der Waals surface area contributed by atoms with E-state index in [4.69, 9.17) is 5.11 Å². The minimum Gasteiger partial charge on any atom is -0.479 e. The Kier molecular flexibility index (Phi) is 3.85. The van der Waals surface area contributed by atoms with Gasteiger partial charge in [-0.05, 0) is 25.0 Å². The van der Waals surface area contributed by atoms with Crippen LogP contribution in [0.1, 0.15) is 16.7 Å². The number of nitrogens with zero attached hydrogens (tertiary/aromatic N) is 1. The number of aliphatic carboxylic acids is 1. The topological polar surface area (TPSA) is 58.9 Å². The van der Waals surface area contributed by atoms with Gasteiger partial charge in [-0.25, -0.2) is 4.79 Å². The zero-order valence-electron chi connectivity index (χ0n) is 8.73. The minimum atomic E-state index is -1.03. The fraction of sp³-hybridized carbons (Fsp3) is 0.273. The Morgan fingerprint density at radius 2 is 2.07 bits per heavy atom. The lowest BCUT2D eigenvalue weighted by molar-refractivity contribution is -0.142. The summed E-state index contributed by atoms with van der Waals surface area (Å²) in [5, 5.41) is 11.9. The average Bonchev–Trinajstić information content (AvgIpc) is 2.15. The van der Waals surface area contributed by atoms with Crippen LogP contribution in [0.4, 0.5) is 0 Å². The maximum atomic E-state index is 10.1. The van der Waals surface area contributed by atoms with Gasteiger partial charge in [-0.2, -0.15) is 0 Å². The Morgan fingerprint density at radius 3 is 2.60 bits per heavy atom. The molecule has 0 heterocycles. The van der Waals surface area contributed by atoms with E-state index in [9.17, 15) is 4.79 Å². The van der Waals surface area contributed by atoms with E-state index in [1.807, 2.05) is 32.0 Å². The molecule has 0 aliphatic carbocycles. The van der Waals surface area contributed by atoms with Crippen molar-refractivity contribution in [3.63, 3.8) is 0 Å². The number of aryl methyl sites for hydroxylation is 2. The van der Waals surface area contributed by atoms with Gasteiger partial charge in [0.15, 0.2) is 0 Å². The third-order valence-corrected chi connectivity index (χ3v) is 1.99. The summed E-state index contributed by atoms with van der Waals surface area (Å²) < 4.78 is 0. The summed E-state index contributed by atoms with van der Waals surface area (Å²) >= 11 is 0. The molecule has 0 radical (unpaired) electrons. The molecule has 4 nitrogen and oxygen atoms in total. The molecule has 0 saturated carbocycles. The first-order valence-corrected chi connectivity index (χ1v) is 4.54.